The number of hydrogen-bond donors (Lipinski definition) is 0. The molecule has 54 heavy (non-hydrogen) atoms. The van der Waals surface area contributed by atoms with E-state index in [9.17, 15) is 0 Å². The molecule has 5 heteroatoms. The Kier molecular flexibility index (Phi) is 7.81. The van der Waals surface area contributed by atoms with Crippen LogP contribution in [0.1, 0.15) is 0 Å². The van der Waals surface area contributed by atoms with Gasteiger partial charge < -0.3 is 8.80 Å². The first kappa shape index (κ1) is 32.4. The molecule has 0 aliphatic carbocycles. The average molecular weight is 744 g/mol. The average Bonchev–Trinajstić information content (AvgIpc) is 3.73. The zero-order valence-corrected chi connectivity index (χ0v) is 31.2. The van der Waals surface area contributed by atoms with Gasteiger partial charge in [-0.25, -0.2) is 4.98 Å². The van der Waals surface area contributed by atoms with Gasteiger partial charge in [-0.1, -0.05) is 127 Å². The number of aromatic nitrogens is 3. The van der Waals surface area contributed by atoms with Gasteiger partial charge in [-0.3, -0.25) is 0 Å². The van der Waals surface area contributed by atoms with Crippen molar-refractivity contribution in [3.8, 4) is 16.8 Å². The molecule has 0 saturated carbocycles. The van der Waals surface area contributed by atoms with E-state index in [-0.39, 0.29) is 17.1 Å². The van der Waals surface area contributed by atoms with Crippen molar-refractivity contribution in [3.63, 3.8) is 0 Å². The molecular formula is C49H30MnN3Si. The number of rotatable bonds is 5. The van der Waals surface area contributed by atoms with Crippen molar-refractivity contribution in [1.82, 2.24) is 13.8 Å². The van der Waals surface area contributed by atoms with Crippen molar-refractivity contribution < 1.29 is 17.1 Å². The predicted molar refractivity (Wildman–Crippen MR) is 223 cm³/mol. The monoisotopic (exact) mass is 743 g/mol. The molecule has 3 aromatic heterocycles. The van der Waals surface area contributed by atoms with Crippen molar-refractivity contribution in [1.29, 1.82) is 0 Å². The molecule has 3 nitrogen and oxygen atoms in total. The molecule has 252 valence electrons. The van der Waals surface area contributed by atoms with E-state index in [1.165, 1.54) is 43.0 Å². The minimum atomic E-state index is -1.51. The standard InChI is InChI=1S/C49H30N3Si.Mn/c1-3-19-37(20-4-1)53(38-21-5-2-6-22-38)52-46-28-12-10-24-41(46)43-30-29-35-32-44-42-25-9-11-27-45(42)51(49(44)50-47(35)48(43)52)36-18-13-17-34(31-36)40-26-14-16-33-15-7-8-23-39(33)40;/h1-22,24-30,32H;/q-2;+2. The third-order valence-electron chi connectivity index (χ3n) is 10.6. The van der Waals surface area contributed by atoms with Crippen LogP contribution >= 0.6 is 0 Å². The van der Waals surface area contributed by atoms with Crippen LogP contribution in [0.5, 0.6) is 0 Å². The molecule has 0 saturated heterocycles. The second-order valence-corrected chi connectivity index (χ2v) is 15.9. The Bertz CT molecular complexity index is 3140. The van der Waals surface area contributed by atoms with E-state index in [4.69, 9.17) is 4.98 Å². The Hall–Kier alpha value is -6.23. The van der Waals surface area contributed by atoms with E-state index >= 15 is 0 Å². The third kappa shape index (κ3) is 4.98. The van der Waals surface area contributed by atoms with Crippen molar-refractivity contribution in [2.24, 2.45) is 0 Å². The van der Waals surface area contributed by atoms with Gasteiger partial charge in [-0.05, 0) is 34.3 Å². The fourth-order valence-corrected chi connectivity index (χ4v) is 11.0. The van der Waals surface area contributed by atoms with E-state index in [1.807, 2.05) is 12.1 Å². The van der Waals surface area contributed by atoms with Crippen LogP contribution in [0.2, 0.25) is 0 Å². The van der Waals surface area contributed by atoms with Crippen molar-refractivity contribution >= 4 is 84.7 Å². The maximum Gasteiger partial charge on any atom is 2.00 e. The minimum Gasteiger partial charge on any atom is -0.357 e. The summed E-state index contributed by atoms with van der Waals surface area (Å²) in [5, 5.41) is 10.8. The summed E-state index contributed by atoms with van der Waals surface area (Å²) < 4.78 is 4.92. The molecule has 0 spiro atoms. The number of fused-ring (bicyclic) bond motifs is 9. The van der Waals surface area contributed by atoms with Gasteiger partial charge in [0.05, 0.1) is 16.6 Å². The van der Waals surface area contributed by atoms with Gasteiger partial charge in [0.2, 0.25) is 8.96 Å². The zero-order valence-electron chi connectivity index (χ0n) is 29.0. The topological polar surface area (TPSA) is 22.8 Å². The van der Waals surface area contributed by atoms with Gasteiger partial charge in [0.25, 0.3) is 0 Å². The largest absolute Gasteiger partial charge is 2.00 e. The number of pyridine rings is 1. The third-order valence-corrected chi connectivity index (χ3v) is 13.2. The van der Waals surface area contributed by atoms with Gasteiger partial charge in [0, 0.05) is 32.4 Å². The Morgan fingerprint density at radius 1 is 0.519 bits per heavy atom. The predicted octanol–water partition coefficient (Wildman–Crippen LogP) is 10.5. The molecule has 0 amide bonds. The smallest absolute Gasteiger partial charge is 0.357 e. The second kappa shape index (κ2) is 13.0. The van der Waals surface area contributed by atoms with E-state index in [2.05, 4.69) is 191 Å². The number of para-hydroxylation sites is 2. The molecule has 0 fully saturated rings. The van der Waals surface area contributed by atoms with Crippen LogP contribution < -0.4 is 10.4 Å². The minimum absolute atomic E-state index is 0. The van der Waals surface area contributed by atoms with Crippen LogP contribution in [-0.4, -0.2) is 22.7 Å². The number of nitrogens with zero attached hydrogens (tertiary/aromatic N) is 3. The van der Waals surface area contributed by atoms with Crippen molar-refractivity contribution in [2.75, 3.05) is 0 Å². The van der Waals surface area contributed by atoms with Crippen molar-refractivity contribution in [2.45, 2.75) is 0 Å². The molecule has 0 N–H and O–H groups in total. The van der Waals surface area contributed by atoms with Crippen LogP contribution in [-0.2, 0) is 17.1 Å². The quantitative estimate of drug-likeness (QED) is 0.127. The fourth-order valence-electron chi connectivity index (χ4n) is 8.27. The maximum atomic E-state index is 5.73. The molecule has 0 aliphatic heterocycles. The molecule has 2 radical (unpaired) electrons. The van der Waals surface area contributed by atoms with Crippen LogP contribution in [0.3, 0.4) is 0 Å². The maximum absolute atomic E-state index is 5.73. The van der Waals surface area contributed by atoms with Crippen LogP contribution in [0.25, 0.3) is 82.2 Å². The molecule has 8 aromatic carbocycles. The van der Waals surface area contributed by atoms with Crippen LogP contribution in [0.4, 0.5) is 0 Å². The zero-order chi connectivity index (χ0) is 34.9. The number of benzene rings is 8. The second-order valence-electron chi connectivity index (χ2n) is 13.6. The van der Waals surface area contributed by atoms with Gasteiger partial charge in [-0.2, -0.15) is 0 Å². The van der Waals surface area contributed by atoms with E-state index in [0.717, 1.165) is 49.7 Å². The van der Waals surface area contributed by atoms with Crippen LogP contribution in [0, 0.1) is 12.1 Å². The molecule has 0 aliphatic rings. The Labute approximate surface area is 324 Å². The summed E-state index contributed by atoms with van der Waals surface area (Å²) in [6.45, 7) is 0. The summed E-state index contributed by atoms with van der Waals surface area (Å²) in [6, 6.07) is 72.7. The Morgan fingerprint density at radius 2 is 1.19 bits per heavy atom. The van der Waals surface area contributed by atoms with Gasteiger partial charge in [0.1, 0.15) is 5.65 Å². The normalized spacial score (nSPS) is 11.7. The SMILES string of the molecule is [Mn+2].[c-]1c(-c2cccc3ccc[c-]c23)cccc1-n1c2ccccc2c2cc3ccc4c5ccccc5n([Si](c5ccccc5)c5ccccc5)c4c3nc21. The first-order valence-electron chi connectivity index (χ1n) is 18.0. The summed E-state index contributed by atoms with van der Waals surface area (Å²) in [5.41, 5.74) is 8.55. The van der Waals surface area contributed by atoms with E-state index in [1.54, 1.807) is 0 Å². The Balaban J connectivity index is 0.00000361. The summed E-state index contributed by atoms with van der Waals surface area (Å²) in [6.07, 6.45) is 0. The molecule has 0 atom stereocenters. The Morgan fingerprint density at radius 3 is 1.96 bits per heavy atom. The summed E-state index contributed by atoms with van der Waals surface area (Å²) in [7, 11) is -1.51. The van der Waals surface area contributed by atoms with Gasteiger partial charge in [0.15, 0.2) is 0 Å². The molecule has 0 unspecified atom stereocenters. The summed E-state index contributed by atoms with van der Waals surface area (Å²) >= 11 is 0. The van der Waals surface area contributed by atoms with Gasteiger partial charge >= 0.3 is 17.1 Å². The van der Waals surface area contributed by atoms with Gasteiger partial charge in [-0.15, -0.1) is 70.4 Å². The van der Waals surface area contributed by atoms with E-state index < -0.39 is 8.96 Å². The molecule has 3 heterocycles. The summed E-state index contributed by atoms with van der Waals surface area (Å²) in [5.74, 6) is 0. The number of hydrogen-bond acceptors (Lipinski definition) is 1. The molecule has 0 bridgehead atoms. The first-order valence-corrected chi connectivity index (χ1v) is 19.4. The van der Waals surface area contributed by atoms with Crippen molar-refractivity contribution in [3.05, 3.63) is 194 Å². The van der Waals surface area contributed by atoms with Crippen LogP contribution in [0.15, 0.2) is 182 Å². The molecule has 11 aromatic rings. The first-order chi connectivity index (χ1) is 26.3. The van der Waals surface area contributed by atoms with E-state index in [0.29, 0.717) is 0 Å². The molecular weight excluding hydrogens is 714 g/mol. The fraction of sp³-hybridized carbons (Fsp3) is 0. The summed E-state index contributed by atoms with van der Waals surface area (Å²) in [4.78, 5) is 5.73. The molecule has 11 rings (SSSR count).